The van der Waals surface area contributed by atoms with E-state index in [-0.39, 0.29) is 17.9 Å². The molecule has 0 amide bonds. The van der Waals surface area contributed by atoms with Gasteiger partial charge in [0.15, 0.2) is 0 Å². The van der Waals surface area contributed by atoms with E-state index in [0.717, 1.165) is 4.90 Å². The van der Waals surface area contributed by atoms with Gasteiger partial charge >= 0.3 is 0 Å². The molecule has 94 valence electrons. The van der Waals surface area contributed by atoms with Crippen molar-refractivity contribution in [2.75, 3.05) is 13.2 Å². The number of rotatable bonds is 3. The summed E-state index contributed by atoms with van der Waals surface area (Å²) in [5.41, 5.74) is 0. The van der Waals surface area contributed by atoms with Crippen molar-refractivity contribution >= 4 is 11.8 Å². The molecule has 2 rings (SSSR count). The average Bonchev–Trinajstić information content (AvgIpc) is 2.36. The normalized spacial score (nSPS) is 33.6. The van der Waals surface area contributed by atoms with Crippen LogP contribution in [0.3, 0.4) is 0 Å². The number of benzene rings is 1. The van der Waals surface area contributed by atoms with Gasteiger partial charge in [-0.3, -0.25) is 0 Å². The van der Waals surface area contributed by atoms with Gasteiger partial charge < -0.3 is 20.6 Å². The zero-order chi connectivity index (χ0) is 12.3. The molecule has 5 heteroatoms. The van der Waals surface area contributed by atoms with E-state index in [1.54, 1.807) is 0 Å². The Balaban J connectivity index is 2.07. The number of hydrogen-bond acceptors (Lipinski definition) is 5. The van der Waals surface area contributed by atoms with Crippen LogP contribution in [-0.4, -0.2) is 52.0 Å². The molecule has 4 nitrogen and oxygen atoms in total. The van der Waals surface area contributed by atoms with Crippen LogP contribution >= 0.6 is 11.8 Å². The predicted molar refractivity (Wildman–Crippen MR) is 67.0 cm³/mol. The van der Waals surface area contributed by atoms with Crippen LogP contribution in [0.15, 0.2) is 35.2 Å². The maximum Gasteiger partial charge on any atom is 0.0863 e. The Morgan fingerprint density at radius 1 is 1.24 bits per heavy atom. The Labute approximate surface area is 105 Å². The summed E-state index contributed by atoms with van der Waals surface area (Å²) >= 11 is 1.45. The first kappa shape index (κ1) is 12.9. The minimum absolute atomic E-state index is 0.125. The van der Waals surface area contributed by atoms with Gasteiger partial charge in [-0.25, -0.2) is 0 Å². The van der Waals surface area contributed by atoms with Gasteiger partial charge in [-0.2, -0.15) is 0 Å². The molecule has 4 N–H and O–H groups in total. The standard InChI is InChI=1S/C12H17NO3S/c14-7-9-11(16)12(10(15)6-13-9)17-8-4-2-1-3-5-8/h1-5,9-16H,6-7H2/t9?,10-,11-,12+/m1/s1. The molecule has 1 heterocycles. The molecule has 17 heavy (non-hydrogen) atoms. The average molecular weight is 255 g/mol. The van der Waals surface area contributed by atoms with Crippen LogP contribution in [0.2, 0.25) is 0 Å². The van der Waals surface area contributed by atoms with Gasteiger partial charge in [0.1, 0.15) is 0 Å². The van der Waals surface area contributed by atoms with E-state index in [4.69, 9.17) is 5.11 Å². The van der Waals surface area contributed by atoms with Crippen LogP contribution in [0.4, 0.5) is 0 Å². The second-order valence-corrected chi connectivity index (χ2v) is 5.40. The Bertz CT molecular complexity index is 349. The lowest BCUT2D eigenvalue weighted by molar-refractivity contribution is 0.0134. The van der Waals surface area contributed by atoms with Gasteiger partial charge in [0.2, 0.25) is 0 Å². The van der Waals surface area contributed by atoms with E-state index in [1.807, 2.05) is 30.3 Å². The molecule has 4 atom stereocenters. The quantitative estimate of drug-likeness (QED) is 0.604. The third-order valence-corrected chi connectivity index (χ3v) is 4.34. The fourth-order valence-electron chi connectivity index (χ4n) is 1.94. The monoisotopic (exact) mass is 255 g/mol. The Kier molecular flexibility index (Phi) is 4.42. The van der Waals surface area contributed by atoms with Crippen molar-refractivity contribution in [3.8, 4) is 0 Å². The maximum atomic E-state index is 10.1. The van der Waals surface area contributed by atoms with Crippen LogP contribution in [0, 0.1) is 0 Å². The molecule has 1 aromatic carbocycles. The predicted octanol–water partition coefficient (Wildman–Crippen LogP) is -0.167. The van der Waals surface area contributed by atoms with Crippen LogP contribution in [0.25, 0.3) is 0 Å². The van der Waals surface area contributed by atoms with Crippen molar-refractivity contribution in [3.63, 3.8) is 0 Å². The van der Waals surface area contributed by atoms with Gasteiger partial charge in [0.25, 0.3) is 0 Å². The van der Waals surface area contributed by atoms with E-state index >= 15 is 0 Å². The highest BCUT2D eigenvalue weighted by Crippen LogP contribution is 2.30. The minimum atomic E-state index is -0.756. The van der Waals surface area contributed by atoms with Gasteiger partial charge in [0.05, 0.1) is 30.1 Å². The molecule has 0 bridgehead atoms. The Hall–Kier alpha value is -0.590. The number of aliphatic hydroxyl groups is 3. The molecule has 1 aliphatic heterocycles. The zero-order valence-electron chi connectivity index (χ0n) is 9.36. The molecule has 0 aliphatic carbocycles. The maximum absolute atomic E-state index is 10.1. The molecule has 1 aromatic rings. The first-order valence-electron chi connectivity index (χ1n) is 5.64. The van der Waals surface area contributed by atoms with Crippen molar-refractivity contribution in [2.24, 2.45) is 0 Å². The van der Waals surface area contributed by atoms with E-state index in [1.165, 1.54) is 11.8 Å². The lowest BCUT2D eigenvalue weighted by atomic mass is 9.99. The lowest BCUT2D eigenvalue weighted by Crippen LogP contribution is -2.59. The fraction of sp³-hybridized carbons (Fsp3) is 0.500. The van der Waals surface area contributed by atoms with Crippen LogP contribution < -0.4 is 5.32 Å². The molecule has 0 aromatic heterocycles. The molecule has 1 unspecified atom stereocenters. The summed E-state index contributed by atoms with van der Waals surface area (Å²) in [5, 5.41) is 31.7. The summed E-state index contributed by atoms with van der Waals surface area (Å²) < 4.78 is 0. The van der Waals surface area contributed by atoms with E-state index in [9.17, 15) is 10.2 Å². The van der Waals surface area contributed by atoms with Crippen molar-refractivity contribution in [1.82, 2.24) is 5.32 Å². The third kappa shape index (κ3) is 3.00. The van der Waals surface area contributed by atoms with Crippen LogP contribution in [-0.2, 0) is 0 Å². The molecule has 1 saturated heterocycles. The van der Waals surface area contributed by atoms with Crippen molar-refractivity contribution in [1.29, 1.82) is 0 Å². The Morgan fingerprint density at radius 3 is 2.59 bits per heavy atom. The summed E-state index contributed by atoms with van der Waals surface area (Å²) in [6.45, 7) is 0.270. The summed E-state index contributed by atoms with van der Waals surface area (Å²) in [6, 6.07) is 9.30. The van der Waals surface area contributed by atoms with Crippen molar-refractivity contribution in [3.05, 3.63) is 30.3 Å². The number of piperidine rings is 1. The molecule has 1 fully saturated rings. The van der Waals surface area contributed by atoms with Gasteiger partial charge in [-0.05, 0) is 12.1 Å². The number of aliphatic hydroxyl groups excluding tert-OH is 3. The number of hydrogen-bond donors (Lipinski definition) is 4. The summed E-state index contributed by atoms with van der Waals surface area (Å²) in [6.07, 6.45) is -1.37. The Morgan fingerprint density at radius 2 is 1.94 bits per heavy atom. The molecule has 1 aliphatic rings. The van der Waals surface area contributed by atoms with E-state index < -0.39 is 12.2 Å². The summed E-state index contributed by atoms with van der Waals surface area (Å²) in [5.74, 6) is 0. The number of β-amino-alcohol motifs (C(OH)–C–C–N with tert-alkyl or cyclic N) is 1. The largest absolute Gasteiger partial charge is 0.395 e. The molecular weight excluding hydrogens is 238 g/mol. The highest BCUT2D eigenvalue weighted by molar-refractivity contribution is 8.00. The first-order chi connectivity index (χ1) is 8.22. The number of nitrogens with one attached hydrogen (secondary N) is 1. The van der Waals surface area contributed by atoms with E-state index in [0.29, 0.717) is 6.54 Å². The molecule has 0 spiro atoms. The topological polar surface area (TPSA) is 72.7 Å². The van der Waals surface area contributed by atoms with Crippen LogP contribution in [0.1, 0.15) is 0 Å². The summed E-state index contributed by atoms with van der Waals surface area (Å²) in [7, 11) is 0. The molecule has 0 saturated carbocycles. The van der Waals surface area contributed by atoms with Gasteiger partial charge in [0, 0.05) is 11.4 Å². The smallest absolute Gasteiger partial charge is 0.0863 e. The second kappa shape index (κ2) is 5.84. The third-order valence-electron chi connectivity index (χ3n) is 2.93. The highest BCUT2D eigenvalue weighted by atomic mass is 32.2. The summed E-state index contributed by atoms with van der Waals surface area (Å²) in [4.78, 5) is 1.01. The zero-order valence-corrected chi connectivity index (χ0v) is 10.2. The second-order valence-electron chi connectivity index (χ2n) is 4.15. The van der Waals surface area contributed by atoms with Gasteiger partial charge in [-0.15, -0.1) is 11.8 Å². The first-order valence-corrected chi connectivity index (χ1v) is 6.52. The SMILES string of the molecule is OCC1NC[C@@H](O)[C@H](Sc2ccccc2)[C@@H]1O. The fourth-order valence-corrected chi connectivity index (χ4v) is 3.15. The highest BCUT2D eigenvalue weighted by Gasteiger charge is 2.37. The van der Waals surface area contributed by atoms with Crippen molar-refractivity contribution in [2.45, 2.75) is 28.4 Å². The molecular formula is C12H17NO3S. The number of thioether (sulfide) groups is 1. The minimum Gasteiger partial charge on any atom is -0.395 e. The van der Waals surface area contributed by atoms with Crippen molar-refractivity contribution < 1.29 is 15.3 Å². The van der Waals surface area contributed by atoms with Crippen LogP contribution in [0.5, 0.6) is 0 Å². The molecule has 0 radical (unpaired) electrons. The van der Waals surface area contributed by atoms with Gasteiger partial charge in [-0.1, -0.05) is 18.2 Å². The van der Waals surface area contributed by atoms with E-state index in [2.05, 4.69) is 5.32 Å². The lowest BCUT2D eigenvalue weighted by Gasteiger charge is -2.37.